The summed E-state index contributed by atoms with van der Waals surface area (Å²) in [6.45, 7) is 20.2. The lowest BCUT2D eigenvalue weighted by Gasteiger charge is -2.30. The molecule has 0 fully saturated rings. The van der Waals surface area contributed by atoms with Crippen molar-refractivity contribution in [2.75, 3.05) is 9.80 Å². The van der Waals surface area contributed by atoms with E-state index in [2.05, 4.69) is 133 Å². The van der Waals surface area contributed by atoms with Crippen LogP contribution in [0, 0.1) is 0 Å². The second-order valence-corrected chi connectivity index (χ2v) is 10.9. The maximum absolute atomic E-state index is 4.21. The fraction of sp³-hybridized carbons (Fsp3) is 0.116. The summed E-state index contributed by atoms with van der Waals surface area (Å²) in [7, 11) is 0. The predicted octanol–water partition coefficient (Wildman–Crippen LogP) is 11.8. The molecule has 0 spiro atoms. The Labute approximate surface area is 269 Å². The molecule has 0 heterocycles. The van der Waals surface area contributed by atoms with Gasteiger partial charge in [-0.2, -0.15) is 0 Å². The first-order valence-corrected chi connectivity index (χ1v) is 15.6. The van der Waals surface area contributed by atoms with Gasteiger partial charge in [0.05, 0.1) is 5.69 Å². The number of hydrogen-bond acceptors (Lipinski definition) is 2. The van der Waals surface area contributed by atoms with Crippen molar-refractivity contribution < 1.29 is 0 Å². The molecule has 0 N–H and O–H groups in total. The first-order valence-electron chi connectivity index (χ1n) is 15.6. The van der Waals surface area contributed by atoms with E-state index in [1.54, 1.807) is 12.2 Å². The summed E-state index contributed by atoms with van der Waals surface area (Å²) in [5.41, 5.74) is 11.7. The van der Waals surface area contributed by atoms with Gasteiger partial charge in [0.2, 0.25) is 0 Å². The van der Waals surface area contributed by atoms with Crippen LogP contribution in [0.1, 0.15) is 37.8 Å². The molecule has 2 nitrogen and oxygen atoms in total. The van der Waals surface area contributed by atoms with E-state index in [0.29, 0.717) is 0 Å². The summed E-state index contributed by atoms with van der Waals surface area (Å²) < 4.78 is 0. The van der Waals surface area contributed by atoms with E-state index in [1.807, 2.05) is 38.2 Å². The van der Waals surface area contributed by atoms with Crippen LogP contribution in [-0.2, 0) is 6.42 Å². The zero-order valence-electron chi connectivity index (χ0n) is 26.5. The van der Waals surface area contributed by atoms with Gasteiger partial charge in [-0.25, -0.2) is 0 Å². The molecular formula is C43H42N2. The van der Waals surface area contributed by atoms with Crippen molar-refractivity contribution >= 4 is 22.1 Å². The zero-order valence-corrected chi connectivity index (χ0v) is 26.5. The van der Waals surface area contributed by atoms with E-state index in [-0.39, 0.29) is 0 Å². The van der Waals surface area contributed by atoms with Crippen molar-refractivity contribution in [2.45, 2.75) is 33.1 Å². The predicted molar refractivity (Wildman–Crippen MR) is 198 cm³/mol. The molecule has 0 saturated carbocycles. The van der Waals surface area contributed by atoms with Crippen LogP contribution in [0.25, 0.3) is 21.9 Å². The molecule has 0 aliphatic heterocycles. The van der Waals surface area contributed by atoms with Gasteiger partial charge in [0.1, 0.15) is 0 Å². The monoisotopic (exact) mass is 586 g/mol. The lowest BCUT2D eigenvalue weighted by Crippen LogP contribution is -2.21. The highest BCUT2D eigenvalue weighted by Gasteiger charge is 2.27. The Morgan fingerprint density at radius 2 is 1.58 bits per heavy atom. The summed E-state index contributed by atoms with van der Waals surface area (Å²) in [6.07, 6.45) is 31.6. The van der Waals surface area contributed by atoms with E-state index in [9.17, 15) is 0 Å². The lowest BCUT2D eigenvalue weighted by molar-refractivity contribution is 0.988. The number of nitrogens with zero attached hydrogens (tertiary/aromatic N) is 2. The van der Waals surface area contributed by atoms with Gasteiger partial charge in [0.25, 0.3) is 0 Å². The van der Waals surface area contributed by atoms with Crippen LogP contribution in [0.3, 0.4) is 0 Å². The molecule has 0 amide bonds. The average Bonchev–Trinajstić information content (AvgIpc) is 3.45. The minimum absolute atomic E-state index is 0.844. The molecule has 0 atom stereocenters. The fourth-order valence-electron chi connectivity index (χ4n) is 6.26. The van der Waals surface area contributed by atoms with Crippen molar-refractivity contribution in [3.8, 4) is 11.1 Å². The van der Waals surface area contributed by atoms with Gasteiger partial charge < -0.3 is 9.80 Å². The molecule has 224 valence electrons. The summed E-state index contributed by atoms with van der Waals surface area (Å²) in [5.74, 6) is 0. The summed E-state index contributed by atoms with van der Waals surface area (Å²) in [6, 6.07) is 18.0. The molecule has 2 aliphatic carbocycles. The van der Waals surface area contributed by atoms with Gasteiger partial charge >= 0.3 is 0 Å². The van der Waals surface area contributed by atoms with Gasteiger partial charge in [-0.3, -0.25) is 0 Å². The van der Waals surface area contributed by atoms with Crippen LogP contribution in [0.4, 0.5) is 11.4 Å². The highest BCUT2D eigenvalue weighted by molar-refractivity contribution is 6.08. The minimum atomic E-state index is 0.844. The van der Waals surface area contributed by atoms with Crippen molar-refractivity contribution in [3.05, 3.63) is 194 Å². The normalized spacial score (nSPS) is 14.8. The highest BCUT2D eigenvalue weighted by Crippen LogP contribution is 2.47. The fourth-order valence-corrected chi connectivity index (χ4v) is 6.26. The second-order valence-electron chi connectivity index (χ2n) is 10.9. The molecule has 2 aliphatic rings. The van der Waals surface area contributed by atoms with Gasteiger partial charge in [-0.1, -0.05) is 105 Å². The molecule has 0 unspecified atom stereocenters. The highest BCUT2D eigenvalue weighted by atomic mass is 15.2. The first-order chi connectivity index (χ1) is 22.1. The third kappa shape index (κ3) is 6.18. The van der Waals surface area contributed by atoms with Crippen LogP contribution in [0.2, 0.25) is 0 Å². The molecule has 0 radical (unpaired) electrons. The number of fused-ring (bicyclic) bond motifs is 5. The summed E-state index contributed by atoms with van der Waals surface area (Å²) >= 11 is 0. The van der Waals surface area contributed by atoms with Crippen LogP contribution < -0.4 is 9.80 Å². The van der Waals surface area contributed by atoms with Crippen molar-refractivity contribution in [1.82, 2.24) is 0 Å². The summed E-state index contributed by atoms with van der Waals surface area (Å²) in [4.78, 5) is 4.58. The Morgan fingerprint density at radius 3 is 2.24 bits per heavy atom. The standard InChI is InChI=1S/C43H42N2/c1-7-13-21-35(11-5)44(34(10-4)20-9-3)38-27-28-39-32(30-38)29-33-31-42(40-25-18-19-26-41(40)43(33)39)45(36(12-6)22-14-8-2)37-23-16-15-17-24-37/h7-14,16,18-28,30-31H,1,3-4,6,15,17,29H2,2,5H3/b14-8-,21-13-,34-20+,35-11+,36-22+. The summed E-state index contributed by atoms with van der Waals surface area (Å²) in [5, 5.41) is 2.48. The quantitative estimate of drug-likeness (QED) is 0.152. The number of hydrogen-bond donors (Lipinski definition) is 0. The van der Waals surface area contributed by atoms with Gasteiger partial charge in [-0.05, 0) is 115 Å². The molecule has 0 bridgehead atoms. The van der Waals surface area contributed by atoms with Crippen LogP contribution in [-0.4, -0.2) is 0 Å². The van der Waals surface area contributed by atoms with E-state index in [1.165, 1.54) is 44.4 Å². The number of benzene rings is 3. The molecule has 3 aromatic carbocycles. The number of rotatable bonds is 12. The number of allylic oxidation sites excluding steroid dienone is 14. The van der Waals surface area contributed by atoms with Crippen LogP contribution in [0.5, 0.6) is 0 Å². The van der Waals surface area contributed by atoms with Gasteiger partial charge in [0, 0.05) is 33.9 Å². The van der Waals surface area contributed by atoms with Crippen LogP contribution >= 0.6 is 0 Å². The van der Waals surface area contributed by atoms with Crippen molar-refractivity contribution in [3.63, 3.8) is 0 Å². The largest absolute Gasteiger partial charge is 0.311 e. The lowest BCUT2D eigenvalue weighted by atomic mass is 9.95. The Bertz CT molecular complexity index is 1860. The Hall–Kier alpha value is -5.34. The maximum atomic E-state index is 4.21. The van der Waals surface area contributed by atoms with E-state index in [0.717, 1.165) is 42.0 Å². The third-order valence-corrected chi connectivity index (χ3v) is 8.22. The Morgan fingerprint density at radius 1 is 0.778 bits per heavy atom. The number of anilines is 2. The Balaban J connectivity index is 1.70. The molecular weight excluding hydrogens is 544 g/mol. The molecule has 3 aromatic rings. The first kappa shape index (κ1) is 31.1. The Kier molecular flexibility index (Phi) is 9.97. The minimum Gasteiger partial charge on any atom is -0.311 e. The van der Waals surface area contributed by atoms with E-state index in [4.69, 9.17) is 0 Å². The third-order valence-electron chi connectivity index (χ3n) is 8.22. The smallest absolute Gasteiger partial charge is 0.0543 e. The van der Waals surface area contributed by atoms with Crippen molar-refractivity contribution in [1.29, 1.82) is 0 Å². The van der Waals surface area contributed by atoms with Gasteiger partial charge in [0.15, 0.2) is 0 Å². The average molecular weight is 587 g/mol. The molecule has 5 rings (SSSR count). The maximum Gasteiger partial charge on any atom is 0.0543 e. The van der Waals surface area contributed by atoms with Crippen molar-refractivity contribution in [2.24, 2.45) is 0 Å². The molecule has 2 heteroatoms. The van der Waals surface area contributed by atoms with Crippen LogP contribution in [0.15, 0.2) is 183 Å². The van der Waals surface area contributed by atoms with E-state index < -0.39 is 0 Å². The zero-order chi connectivity index (χ0) is 31.8. The topological polar surface area (TPSA) is 6.48 Å². The van der Waals surface area contributed by atoms with Gasteiger partial charge in [-0.15, -0.1) is 0 Å². The van der Waals surface area contributed by atoms with E-state index >= 15 is 0 Å². The SMILES string of the molecule is C=C/C=C\C(=C/C)N(/C(C=C)=C/C=C)c1ccc2c(c1)Cc1cc(N(C3=CCCC=C3)/C(C=C)=C/C=C\C)c3ccccc3c1-2. The molecule has 0 saturated heterocycles. The molecule has 45 heavy (non-hydrogen) atoms. The molecule has 0 aromatic heterocycles. The second kappa shape index (κ2) is 14.4.